The van der Waals surface area contributed by atoms with E-state index in [1.165, 1.54) is 0 Å². The molecule has 0 aliphatic carbocycles. The maximum Gasteiger partial charge on any atom is 0.248 e. The molecule has 0 unspecified atom stereocenters. The molecule has 2 rings (SSSR count). The third-order valence-electron chi connectivity index (χ3n) is 3.45. The zero-order chi connectivity index (χ0) is 16.7. The van der Waals surface area contributed by atoms with Crippen LogP contribution in [0.3, 0.4) is 0 Å². The van der Waals surface area contributed by atoms with Gasteiger partial charge in [0.2, 0.25) is 11.8 Å². The van der Waals surface area contributed by atoms with Crippen molar-refractivity contribution in [1.29, 1.82) is 5.26 Å². The van der Waals surface area contributed by atoms with Gasteiger partial charge in [0.25, 0.3) is 0 Å². The lowest BCUT2D eigenvalue weighted by atomic mass is 10.1. The Bertz CT molecular complexity index is 728. The molecule has 0 saturated carbocycles. The van der Waals surface area contributed by atoms with E-state index in [9.17, 15) is 9.59 Å². The molecule has 0 aliphatic rings. The summed E-state index contributed by atoms with van der Waals surface area (Å²) in [4.78, 5) is 22.8. The van der Waals surface area contributed by atoms with Crippen molar-refractivity contribution in [2.24, 2.45) is 5.73 Å². The molecule has 0 bridgehead atoms. The van der Waals surface area contributed by atoms with Gasteiger partial charge >= 0.3 is 0 Å². The predicted octanol–water partition coefficient (Wildman–Crippen LogP) is 1.91. The van der Waals surface area contributed by atoms with Crippen molar-refractivity contribution in [3.8, 4) is 6.07 Å². The Balaban J connectivity index is 1.78. The summed E-state index contributed by atoms with van der Waals surface area (Å²) in [5.74, 6) is -0.517. The van der Waals surface area contributed by atoms with Crippen LogP contribution in [-0.4, -0.2) is 11.8 Å². The molecule has 23 heavy (non-hydrogen) atoms. The van der Waals surface area contributed by atoms with E-state index in [1.807, 2.05) is 12.1 Å². The average Bonchev–Trinajstić information content (AvgIpc) is 2.59. The molecule has 116 valence electrons. The van der Waals surface area contributed by atoms with Crippen LogP contribution in [0.4, 0.5) is 0 Å². The topological polar surface area (TPSA) is 96.0 Å². The third kappa shape index (κ3) is 4.97. The number of aryl methyl sites for hydroxylation is 1. The number of amides is 2. The monoisotopic (exact) mass is 307 g/mol. The van der Waals surface area contributed by atoms with E-state index in [1.54, 1.807) is 36.4 Å². The molecule has 0 heterocycles. The van der Waals surface area contributed by atoms with E-state index in [4.69, 9.17) is 11.0 Å². The lowest BCUT2D eigenvalue weighted by Crippen LogP contribution is -2.23. The van der Waals surface area contributed by atoms with Crippen molar-refractivity contribution in [3.05, 3.63) is 70.8 Å². The smallest absolute Gasteiger partial charge is 0.248 e. The number of primary amides is 1. The van der Waals surface area contributed by atoms with E-state index in [-0.39, 0.29) is 5.91 Å². The summed E-state index contributed by atoms with van der Waals surface area (Å²) in [6.45, 7) is 0.408. The number of nitrogens with zero attached hydrogens (tertiary/aromatic N) is 1. The minimum Gasteiger partial charge on any atom is -0.366 e. The van der Waals surface area contributed by atoms with Gasteiger partial charge in [-0.1, -0.05) is 24.3 Å². The van der Waals surface area contributed by atoms with Crippen LogP contribution in [0.25, 0.3) is 0 Å². The fraction of sp³-hybridized carbons (Fsp3) is 0.167. The third-order valence-corrected chi connectivity index (χ3v) is 3.45. The molecule has 0 spiro atoms. The van der Waals surface area contributed by atoms with Gasteiger partial charge in [-0.25, -0.2) is 0 Å². The number of hydrogen-bond acceptors (Lipinski definition) is 3. The summed E-state index contributed by atoms with van der Waals surface area (Å²) >= 11 is 0. The summed E-state index contributed by atoms with van der Waals surface area (Å²) in [7, 11) is 0. The summed E-state index contributed by atoms with van der Waals surface area (Å²) < 4.78 is 0. The summed E-state index contributed by atoms with van der Waals surface area (Å²) in [6, 6.07) is 16.1. The standard InChI is InChI=1S/C18H17N3O2/c19-11-14-3-1-13(2-4-14)7-10-17(22)21-12-15-5-8-16(9-6-15)18(20)23/h1-6,8-9H,7,10,12H2,(H2,20,23)(H,21,22). The lowest BCUT2D eigenvalue weighted by molar-refractivity contribution is -0.121. The van der Waals surface area contributed by atoms with Gasteiger partial charge in [0.1, 0.15) is 0 Å². The second-order valence-corrected chi connectivity index (χ2v) is 5.15. The highest BCUT2D eigenvalue weighted by Gasteiger charge is 2.04. The minimum absolute atomic E-state index is 0.0478. The summed E-state index contributed by atoms with van der Waals surface area (Å²) in [5.41, 5.74) is 8.15. The van der Waals surface area contributed by atoms with Crippen molar-refractivity contribution in [2.75, 3.05) is 0 Å². The van der Waals surface area contributed by atoms with Gasteiger partial charge in [-0.2, -0.15) is 5.26 Å². The number of nitriles is 1. The highest BCUT2D eigenvalue weighted by molar-refractivity contribution is 5.92. The van der Waals surface area contributed by atoms with Crippen LogP contribution in [0.15, 0.2) is 48.5 Å². The first-order chi connectivity index (χ1) is 11.1. The first-order valence-electron chi connectivity index (χ1n) is 7.23. The Kier molecular flexibility index (Phi) is 5.48. The Hall–Kier alpha value is -3.13. The second-order valence-electron chi connectivity index (χ2n) is 5.15. The van der Waals surface area contributed by atoms with Crippen molar-refractivity contribution < 1.29 is 9.59 Å². The molecule has 5 nitrogen and oxygen atoms in total. The number of rotatable bonds is 6. The van der Waals surface area contributed by atoms with Crippen LogP contribution in [-0.2, 0) is 17.8 Å². The van der Waals surface area contributed by atoms with E-state index in [2.05, 4.69) is 11.4 Å². The van der Waals surface area contributed by atoms with Crippen LogP contribution in [0.2, 0.25) is 0 Å². The van der Waals surface area contributed by atoms with Crippen molar-refractivity contribution in [3.63, 3.8) is 0 Å². The number of hydrogen-bond donors (Lipinski definition) is 2. The zero-order valence-corrected chi connectivity index (χ0v) is 12.6. The Morgan fingerprint density at radius 1 is 1.00 bits per heavy atom. The molecule has 5 heteroatoms. The first-order valence-corrected chi connectivity index (χ1v) is 7.23. The Labute approximate surface area is 134 Å². The van der Waals surface area contributed by atoms with E-state index in [0.717, 1.165) is 11.1 Å². The molecule has 0 radical (unpaired) electrons. The molecular weight excluding hydrogens is 290 g/mol. The number of nitrogens with one attached hydrogen (secondary N) is 1. The van der Waals surface area contributed by atoms with Gasteiger partial charge in [0.15, 0.2) is 0 Å². The van der Waals surface area contributed by atoms with Gasteiger partial charge in [-0.15, -0.1) is 0 Å². The fourth-order valence-corrected chi connectivity index (χ4v) is 2.08. The van der Waals surface area contributed by atoms with Crippen LogP contribution < -0.4 is 11.1 Å². The van der Waals surface area contributed by atoms with Crippen LogP contribution in [0.5, 0.6) is 0 Å². The first kappa shape index (κ1) is 16.2. The lowest BCUT2D eigenvalue weighted by Gasteiger charge is -2.06. The highest BCUT2D eigenvalue weighted by Crippen LogP contribution is 2.07. The molecule has 3 N–H and O–H groups in total. The zero-order valence-electron chi connectivity index (χ0n) is 12.6. The summed E-state index contributed by atoms with van der Waals surface area (Å²) in [5, 5.41) is 11.6. The summed E-state index contributed by atoms with van der Waals surface area (Å²) in [6.07, 6.45) is 1.00. The van der Waals surface area contributed by atoms with E-state index >= 15 is 0 Å². The molecule has 2 aromatic rings. The van der Waals surface area contributed by atoms with Gasteiger partial charge in [0.05, 0.1) is 11.6 Å². The number of benzene rings is 2. The SMILES string of the molecule is N#Cc1ccc(CCC(=O)NCc2ccc(C(N)=O)cc2)cc1. The Morgan fingerprint density at radius 3 is 2.17 bits per heavy atom. The van der Waals surface area contributed by atoms with Crippen LogP contribution >= 0.6 is 0 Å². The molecule has 2 aromatic carbocycles. The van der Waals surface area contributed by atoms with Crippen molar-refractivity contribution >= 4 is 11.8 Å². The molecule has 0 aliphatic heterocycles. The van der Waals surface area contributed by atoms with Crippen molar-refractivity contribution in [1.82, 2.24) is 5.32 Å². The molecular formula is C18H17N3O2. The van der Waals surface area contributed by atoms with Gasteiger partial charge in [-0.05, 0) is 41.8 Å². The quantitative estimate of drug-likeness (QED) is 0.853. The number of nitrogens with two attached hydrogens (primary N) is 1. The van der Waals surface area contributed by atoms with Crippen LogP contribution in [0.1, 0.15) is 33.5 Å². The van der Waals surface area contributed by atoms with Gasteiger partial charge in [-0.3, -0.25) is 9.59 Å². The molecule has 2 amide bonds. The molecule has 0 atom stereocenters. The second kappa shape index (κ2) is 7.76. The highest BCUT2D eigenvalue weighted by atomic mass is 16.1. The van der Waals surface area contributed by atoms with Crippen molar-refractivity contribution in [2.45, 2.75) is 19.4 Å². The number of carbonyl (C=O) groups excluding carboxylic acids is 2. The van der Waals surface area contributed by atoms with Gasteiger partial charge < -0.3 is 11.1 Å². The molecule has 0 saturated heterocycles. The van der Waals surface area contributed by atoms with Crippen LogP contribution in [0, 0.1) is 11.3 Å². The Morgan fingerprint density at radius 2 is 1.61 bits per heavy atom. The maximum atomic E-state index is 11.9. The molecule has 0 aromatic heterocycles. The predicted molar refractivity (Wildman–Crippen MR) is 86.3 cm³/mol. The normalized spacial score (nSPS) is 9.87. The molecule has 0 fully saturated rings. The van der Waals surface area contributed by atoms with E-state index in [0.29, 0.717) is 30.5 Å². The minimum atomic E-state index is -0.469. The fourth-order valence-electron chi connectivity index (χ4n) is 2.08. The largest absolute Gasteiger partial charge is 0.366 e. The van der Waals surface area contributed by atoms with E-state index < -0.39 is 5.91 Å². The van der Waals surface area contributed by atoms with Gasteiger partial charge in [0, 0.05) is 18.5 Å². The maximum absolute atomic E-state index is 11.9. The number of carbonyl (C=O) groups is 2. The average molecular weight is 307 g/mol.